The second-order valence-corrected chi connectivity index (χ2v) is 6.14. The molecule has 2 heterocycles. The summed E-state index contributed by atoms with van der Waals surface area (Å²) in [6, 6.07) is 2.39. The second-order valence-electron chi connectivity index (χ2n) is 4.42. The average molecular weight is 296 g/mol. The average Bonchev–Trinajstić information content (AvgIpc) is 2.96. The lowest BCUT2D eigenvalue weighted by atomic mass is 10.1. The molecule has 4 nitrogen and oxygen atoms in total. The molecule has 0 bridgehead atoms. The van der Waals surface area contributed by atoms with Crippen molar-refractivity contribution in [3.05, 3.63) is 34.3 Å². The number of hydrogen-bond acceptors (Lipinski definition) is 4. The maximum atomic E-state index is 10.7. The lowest BCUT2D eigenvalue weighted by molar-refractivity contribution is -0.133. The van der Waals surface area contributed by atoms with Crippen LogP contribution in [0.25, 0.3) is 0 Å². The number of thioether (sulfide) groups is 1. The molecule has 1 atom stereocenters. The quantitative estimate of drug-likeness (QED) is 0.832. The highest BCUT2D eigenvalue weighted by atomic mass is 32.2. The minimum atomic E-state index is -0.817. The van der Waals surface area contributed by atoms with Gasteiger partial charge in [0.15, 0.2) is 5.16 Å². The Hall–Kier alpha value is -1.27. The van der Waals surface area contributed by atoms with E-state index in [0.717, 1.165) is 17.3 Å². The molecule has 0 saturated carbocycles. The van der Waals surface area contributed by atoms with E-state index < -0.39 is 5.97 Å². The van der Waals surface area contributed by atoms with Crippen LogP contribution in [0.5, 0.6) is 0 Å². The standard InChI is InChI=1S/C13H16N2O2S2/c1-9(5-11-3-4-18-7-11)15-10(2)6-14-13(15)19-8-12(16)17/h3-4,6-7,9H,5,8H2,1-2H3,(H,16,17). The van der Waals surface area contributed by atoms with E-state index in [4.69, 9.17) is 5.11 Å². The van der Waals surface area contributed by atoms with Gasteiger partial charge in [0.1, 0.15) is 0 Å². The number of nitrogens with zero attached hydrogens (tertiary/aromatic N) is 2. The Morgan fingerprint density at radius 2 is 2.42 bits per heavy atom. The molecule has 0 aliphatic heterocycles. The van der Waals surface area contributed by atoms with Gasteiger partial charge in [-0.15, -0.1) is 0 Å². The second kappa shape index (κ2) is 6.25. The van der Waals surface area contributed by atoms with Crippen LogP contribution >= 0.6 is 23.1 Å². The topological polar surface area (TPSA) is 55.1 Å². The largest absolute Gasteiger partial charge is 0.481 e. The minimum Gasteiger partial charge on any atom is -0.481 e. The summed E-state index contributed by atoms with van der Waals surface area (Å²) in [6.45, 7) is 4.14. The molecule has 2 aromatic heterocycles. The van der Waals surface area contributed by atoms with Gasteiger partial charge in [0.25, 0.3) is 0 Å². The maximum absolute atomic E-state index is 10.7. The number of rotatable bonds is 6. The minimum absolute atomic E-state index is 0.0433. The van der Waals surface area contributed by atoms with Gasteiger partial charge >= 0.3 is 5.97 Å². The van der Waals surface area contributed by atoms with E-state index in [-0.39, 0.29) is 11.8 Å². The number of carboxylic acids is 1. The van der Waals surface area contributed by atoms with Crippen LogP contribution in [0.4, 0.5) is 0 Å². The van der Waals surface area contributed by atoms with E-state index in [1.807, 2.05) is 6.92 Å². The van der Waals surface area contributed by atoms with E-state index in [0.29, 0.717) is 0 Å². The summed E-state index contributed by atoms with van der Waals surface area (Å²) in [5, 5.41) is 13.8. The van der Waals surface area contributed by atoms with E-state index in [2.05, 4.69) is 33.3 Å². The Morgan fingerprint density at radius 1 is 1.63 bits per heavy atom. The molecular formula is C13H16N2O2S2. The number of thiophene rings is 1. The first kappa shape index (κ1) is 14.1. The number of carbonyl (C=O) groups is 1. The molecule has 0 aliphatic rings. The van der Waals surface area contributed by atoms with E-state index >= 15 is 0 Å². The third kappa shape index (κ3) is 3.61. The Balaban J connectivity index is 2.13. The highest BCUT2D eigenvalue weighted by molar-refractivity contribution is 7.99. The summed E-state index contributed by atoms with van der Waals surface area (Å²) in [7, 11) is 0. The molecule has 0 spiro atoms. The SMILES string of the molecule is Cc1cnc(SCC(=O)O)n1C(C)Cc1ccsc1. The van der Waals surface area contributed by atoms with Crippen molar-refractivity contribution >= 4 is 29.1 Å². The number of aliphatic carboxylic acids is 1. The van der Waals surface area contributed by atoms with Crippen LogP contribution in [0.1, 0.15) is 24.2 Å². The first-order valence-electron chi connectivity index (χ1n) is 5.97. The molecule has 2 rings (SSSR count). The Kier molecular flexibility index (Phi) is 4.66. The molecule has 0 radical (unpaired) electrons. The number of aryl methyl sites for hydroxylation is 1. The number of hydrogen-bond donors (Lipinski definition) is 1. The summed E-state index contributed by atoms with van der Waals surface area (Å²) in [5.41, 5.74) is 2.37. The molecule has 0 amide bonds. The molecule has 0 saturated heterocycles. The smallest absolute Gasteiger partial charge is 0.313 e. The van der Waals surface area contributed by atoms with Crippen molar-refractivity contribution in [1.29, 1.82) is 0 Å². The van der Waals surface area contributed by atoms with Gasteiger partial charge in [0.05, 0.1) is 5.75 Å². The Bertz CT molecular complexity index is 549. The number of imidazole rings is 1. The lowest BCUT2D eigenvalue weighted by Gasteiger charge is -2.17. The van der Waals surface area contributed by atoms with Crippen molar-refractivity contribution in [1.82, 2.24) is 9.55 Å². The van der Waals surface area contributed by atoms with Crippen LogP contribution in [0.3, 0.4) is 0 Å². The molecule has 1 unspecified atom stereocenters. The fourth-order valence-electron chi connectivity index (χ4n) is 2.03. The first-order chi connectivity index (χ1) is 9.08. The normalized spacial score (nSPS) is 12.5. The van der Waals surface area contributed by atoms with Gasteiger partial charge in [-0.05, 0) is 42.7 Å². The van der Waals surface area contributed by atoms with Crippen LogP contribution in [0.15, 0.2) is 28.2 Å². The van der Waals surface area contributed by atoms with Gasteiger partial charge < -0.3 is 9.67 Å². The maximum Gasteiger partial charge on any atom is 0.313 e. The Labute approximate surface area is 120 Å². The fourth-order valence-corrected chi connectivity index (χ4v) is 3.56. The van der Waals surface area contributed by atoms with Crippen LogP contribution < -0.4 is 0 Å². The molecule has 102 valence electrons. The van der Waals surface area contributed by atoms with E-state index in [1.165, 1.54) is 17.3 Å². The number of aromatic nitrogens is 2. The molecular weight excluding hydrogens is 280 g/mol. The van der Waals surface area contributed by atoms with E-state index in [9.17, 15) is 4.79 Å². The van der Waals surface area contributed by atoms with Gasteiger partial charge in [-0.25, -0.2) is 4.98 Å². The highest BCUT2D eigenvalue weighted by Crippen LogP contribution is 2.25. The Morgan fingerprint density at radius 3 is 3.05 bits per heavy atom. The molecule has 6 heteroatoms. The third-order valence-corrected chi connectivity index (χ3v) is 4.51. The first-order valence-corrected chi connectivity index (χ1v) is 7.90. The van der Waals surface area contributed by atoms with Gasteiger partial charge in [0, 0.05) is 17.9 Å². The van der Waals surface area contributed by atoms with Crippen LogP contribution in [-0.2, 0) is 11.2 Å². The predicted molar refractivity (Wildman–Crippen MR) is 78.1 cm³/mol. The van der Waals surface area contributed by atoms with Crippen molar-refractivity contribution in [3.8, 4) is 0 Å². The highest BCUT2D eigenvalue weighted by Gasteiger charge is 2.15. The molecule has 0 fully saturated rings. The lowest BCUT2D eigenvalue weighted by Crippen LogP contribution is -2.11. The van der Waals surface area contributed by atoms with Gasteiger partial charge in [-0.2, -0.15) is 11.3 Å². The van der Waals surface area contributed by atoms with Crippen molar-refractivity contribution < 1.29 is 9.90 Å². The van der Waals surface area contributed by atoms with Crippen molar-refractivity contribution in [2.45, 2.75) is 31.5 Å². The van der Waals surface area contributed by atoms with Crippen molar-refractivity contribution in [2.24, 2.45) is 0 Å². The van der Waals surface area contributed by atoms with E-state index in [1.54, 1.807) is 17.5 Å². The summed E-state index contributed by atoms with van der Waals surface area (Å²) in [6.07, 6.45) is 2.73. The molecule has 19 heavy (non-hydrogen) atoms. The fraction of sp³-hybridized carbons (Fsp3) is 0.385. The third-order valence-electron chi connectivity index (χ3n) is 2.82. The zero-order valence-corrected chi connectivity index (χ0v) is 12.5. The van der Waals surface area contributed by atoms with Crippen molar-refractivity contribution in [2.75, 3.05) is 5.75 Å². The summed E-state index contributed by atoms with van der Waals surface area (Å²) >= 11 is 2.97. The monoisotopic (exact) mass is 296 g/mol. The van der Waals surface area contributed by atoms with Gasteiger partial charge in [-0.1, -0.05) is 11.8 Å². The van der Waals surface area contributed by atoms with Crippen LogP contribution in [0.2, 0.25) is 0 Å². The zero-order chi connectivity index (χ0) is 13.8. The summed E-state index contributed by atoms with van der Waals surface area (Å²) in [5.74, 6) is -0.774. The predicted octanol–water partition coefficient (Wildman–Crippen LogP) is 3.23. The van der Waals surface area contributed by atoms with Crippen LogP contribution in [-0.4, -0.2) is 26.4 Å². The summed E-state index contributed by atoms with van der Waals surface area (Å²) < 4.78 is 2.12. The summed E-state index contributed by atoms with van der Waals surface area (Å²) in [4.78, 5) is 15.0. The molecule has 0 aliphatic carbocycles. The van der Waals surface area contributed by atoms with Crippen LogP contribution in [0, 0.1) is 6.92 Å². The van der Waals surface area contributed by atoms with Crippen molar-refractivity contribution in [3.63, 3.8) is 0 Å². The number of carboxylic acid groups (broad SMARTS) is 1. The molecule has 2 aromatic rings. The van der Waals surface area contributed by atoms with Gasteiger partial charge in [0.2, 0.25) is 0 Å². The van der Waals surface area contributed by atoms with Gasteiger partial charge in [-0.3, -0.25) is 4.79 Å². The zero-order valence-electron chi connectivity index (χ0n) is 10.9. The molecule has 1 N–H and O–H groups in total. The molecule has 0 aromatic carbocycles.